The SMILES string of the molecule is C[C@@](O)(CC(=O)Nc1nc2ccc(Cl)nc2n1C1CCC1)c1ccccn1. The number of aliphatic hydroxyl groups is 1. The van der Waals surface area contributed by atoms with Crippen LogP contribution in [0.5, 0.6) is 0 Å². The van der Waals surface area contributed by atoms with Crippen molar-refractivity contribution in [2.75, 3.05) is 5.32 Å². The van der Waals surface area contributed by atoms with Crippen LogP contribution in [0, 0.1) is 0 Å². The number of fused-ring (bicyclic) bond motifs is 1. The predicted molar refractivity (Wildman–Crippen MR) is 102 cm³/mol. The van der Waals surface area contributed by atoms with E-state index in [0.717, 1.165) is 19.3 Å². The van der Waals surface area contributed by atoms with Crippen molar-refractivity contribution in [2.45, 2.75) is 44.2 Å². The normalized spacial score (nSPS) is 16.7. The average molecular weight is 386 g/mol. The van der Waals surface area contributed by atoms with Gasteiger partial charge in [0, 0.05) is 12.2 Å². The van der Waals surface area contributed by atoms with Gasteiger partial charge in [-0.05, 0) is 50.5 Å². The summed E-state index contributed by atoms with van der Waals surface area (Å²) in [6.07, 6.45) is 4.61. The summed E-state index contributed by atoms with van der Waals surface area (Å²) in [6.45, 7) is 1.57. The Bertz CT molecular complexity index is 982. The molecule has 27 heavy (non-hydrogen) atoms. The molecule has 1 fully saturated rings. The minimum atomic E-state index is -1.37. The second kappa shape index (κ2) is 6.90. The smallest absolute Gasteiger partial charge is 0.229 e. The molecule has 1 atom stereocenters. The van der Waals surface area contributed by atoms with E-state index in [-0.39, 0.29) is 18.4 Å². The summed E-state index contributed by atoms with van der Waals surface area (Å²) >= 11 is 6.05. The van der Waals surface area contributed by atoms with Gasteiger partial charge in [0.2, 0.25) is 11.9 Å². The van der Waals surface area contributed by atoms with Crippen LogP contribution in [-0.2, 0) is 10.4 Å². The number of aromatic nitrogens is 4. The predicted octanol–water partition coefficient (Wildman–Crippen LogP) is 3.44. The Kier molecular flexibility index (Phi) is 4.57. The molecule has 7 nitrogen and oxygen atoms in total. The number of nitrogens with one attached hydrogen (secondary N) is 1. The number of rotatable bonds is 5. The molecule has 1 aliphatic carbocycles. The third kappa shape index (κ3) is 3.52. The van der Waals surface area contributed by atoms with Crippen molar-refractivity contribution >= 4 is 34.6 Å². The van der Waals surface area contributed by atoms with Crippen molar-refractivity contribution < 1.29 is 9.90 Å². The standard InChI is InChI=1S/C19H20ClN5O2/c1-19(27,14-7-2-3-10-21-14)11-16(26)24-18-22-13-8-9-15(20)23-17(13)25(18)12-5-4-6-12/h2-3,7-10,12,27H,4-6,11H2,1H3,(H,22,24,26)/t19-/m1/s1. The molecule has 0 unspecified atom stereocenters. The van der Waals surface area contributed by atoms with Gasteiger partial charge in [0.1, 0.15) is 16.3 Å². The number of anilines is 1. The molecular weight excluding hydrogens is 366 g/mol. The van der Waals surface area contributed by atoms with Crippen LogP contribution >= 0.6 is 11.6 Å². The van der Waals surface area contributed by atoms with E-state index in [2.05, 4.69) is 20.3 Å². The van der Waals surface area contributed by atoms with Crippen LogP contribution in [-0.4, -0.2) is 30.5 Å². The van der Waals surface area contributed by atoms with Crippen LogP contribution in [0.3, 0.4) is 0 Å². The molecule has 3 heterocycles. The van der Waals surface area contributed by atoms with E-state index in [9.17, 15) is 9.90 Å². The molecular formula is C19H20ClN5O2. The Morgan fingerprint density at radius 1 is 1.33 bits per heavy atom. The third-order valence-electron chi connectivity index (χ3n) is 4.92. The molecule has 1 aliphatic rings. The lowest BCUT2D eigenvalue weighted by atomic mass is 9.93. The van der Waals surface area contributed by atoms with E-state index in [1.165, 1.54) is 0 Å². The zero-order chi connectivity index (χ0) is 19.0. The van der Waals surface area contributed by atoms with Gasteiger partial charge in [-0.25, -0.2) is 9.97 Å². The second-order valence-corrected chi connectivity index (χ2v) is 7.47. The van der Waals surface area contributed by atoms with Gasteiger partial charge in [-0.2, -0.15) is 0 Å². The number of pyridine rings is 2. The van der Waals surface area contributed by atoms with Crippen molar-refractivity contribution in [3.8, 4) is 0 Å². The van der Waals surface area contributed by atoms with Crippen molar-refractivity contribution in [2.24, 2.45) is 0 Å². The molecule has 8 heteroatoms. The molecule has 0 spiro atoms. The Morgan fingerprint density at radius 3 is 2.81 bits per heavy atom. The van der Waals surface area contributed by atoms with Gasteiger partial charge in [0.05, 0.1) is 12.1 Å². The quantitative estimate of drug-likeness (QED) is 0.656. The van der Waals surface area contributed by atoms with Gasteiger partial charge in [0.25, 0.3) is 0 Å². The van der Waals surface area contributed by atoms with Crippen molar-refractivity contribution in [1.29, 1.82) is 0 Å². The van der Waals surface area contributed by atoms with Crippen LogP contribution in [0.25, 0.3) is 11.2 Å². The van der Waals surface area contributed by atoms with Gasteiger partial charge in [-0.1, -0.05) is 17.7 Å². The first-order valence-corrected chi connectivity index (χ1v) is 9.30. The van der Waals surface area contributed by atoms with Crippen LogP contribution in [0.4, 0.5) is 5.95 Å². The molecule has 1 amide bonds. The fraction of sp³-hybridized carbons (Fsp3) is 0.368. The van der Waals surface area contributed by atoms with E-state index >= 15 is 0 Å². The third-order valence-corrected chi connectivity index (χ3v) is 5.13. The maximum Gasteiger partial charge on any atom is 0.229 e. The van der Waals surface area contributed by atoms with Crippen LogP contribution < -0.4 is 5.32 Å². The van der Waals surface area contributed by atoms with Crippen LogP contribution in [0.2, 0.25) is 5.15 Å². The Morgan fingerprint density at radius 2 is 2.15 bits per heavy atom. The Balaban J connectivity index is 1.60. The highest BCUT2D eigenvalue weighted by Crippen LogP contribution is 2.37. The first kappa shape index (κ1) is 17.9. The highest BCUT2D eigenvalue weighted by Gasteiger charge is 2.30. The topological polar surface area (TPSA) is 92.9 Å². The van der Waals surface area contributed by atoms with E-state index in [4.69, 9.17) is 11.6 Å². The lowest BCUT2D eigenvalue weighted by Gasteiger charge is -2.29. The van der Waals surface area contributed by atoms with Crippen molar-refractivity contribution in [3.63, 3.8) is 0 Å². The Hall–Kier alpha value is -2.51. The van der Waals surface area contributed by atoms with Gasteiger partial charge >= 0.3 is 0 Å². The maximum atomic E-state index is 12.6. The number of hydrogen-bond acceptors (Lipinski definition) is 5. The average Bonchev–Trinajstić information content (AvgIpc) is 2.91. The first-order chi connectivity index (χ1) is 12.9. The maximum absolute atomic E-state index is 12.6. The number of carbonyl (C=O) groups is 1. The molecule has 4 rings (SSSR count). The minimum Gasteiger partial charge on any atom is -0.383 e. The Labute approximate surface area is 161 Å². The summed E-state index contributed by atoms with van der Waals surface area (Å²) in [5, 5.41) is 13.9. The highest BCUT2D eigenvalue weighted by molar-refractivity contribution is 6.29. The largest absolute Gasteiger partial charge is 0.383 e. The molecule has 0 radical (unpaired) electrons. The summed E-state index contributed by atoms with van der Waals surface area (Å²) < 4.78 is 1.94. The number of halogens is 1. The summed E-state index contributed by atoms with van der Waals surface area (Å²) in [5.41, 5.74) is 0.415. The molecule has 0 saturated heterocycles. The summed E-state index contributed by atoms with van der Waals surface area (Å²) in [5.74, 6) is 0.0962. The van der Waals surface area contributed by atoms with Crippen LogP contribution in [0.1, 0.15) is 44.3 Å². The second-order valence-electron chi connectivity index (χ2n) is 7.08. The minimum absolute atomic E-state index is 0.133. The zero-order valence-corrected chi connectivity index (χ0v) is 15.6. The molecule has 3 aromatic heterocycles. The molecule has 140 valence electrons. The number of imidazole rings is 1. The lowest BCUT2D eigenvalue weighted by Crippen LogP contribution is -2.30. The highest BCUT2D eigenvalue weighted by atomic mass is 35.5. The summed E-state index contributed by atoms with van der Waals surface area (Å²) in [4.78, 5) is 25.7. The van der Waals surface area contributed by atoms with Crippen molar-refractivity contribution in [3.05, 3.63) is 47.4 Å². The zero-order valence-electron chi connectivity index (χ0n) is 14.9. The fourth-order valence-corrected chi connectivity index (χ4v) is 3.43. The molecule has 0 aromatic carbocycles. The molecule has 1 saturated carbocycles. The van der Waals surface area contributed by atoms with Gasteiger partial charge in [0.15, 0.2) is 5.65 Å². The number of amides is 1. The first-order valence-electron chi connectivity index (χ1n) is 8.92. The number of carbonyl (C=O) groups excluding carboxylic acids is 1. The van der Waals surface area contributed by atoms with Crippen molar-refractivity contribution in [1.82, 2.24) is 19.5 Å². The van der Waals surface area contributed by atoms with Gasteiger partial charge in [-0.3, -0.25) is 19.7 Å². The fourth-order valence-electron chi connectivity index (χ4n) is 3.28. The van der Waals surface area contributed by atoms with E-state index < -0.39 is 5.60 Å². The van der Waals surface area contributed by atoms with Gasteiger partial charge in [-0.15, -0.1) is 0 Å². The molecule has 0 aliphatic heterocycles. The summed E-state index contributed by atoms with van der Waals surface area (Å²) in [7, 11) is 0. The molecule has 3 aromatic rings. The summed E-state index contributed by atoms with van der Waals surface area (Å²) in [6, 6.07) is 8.95. The number of hydrogen-bond donors (Lipinski definition) is 2. The monoisotopic (exact) mass is 385 g/mol. The van der Waals surface area contributed by atoms with Crippen LogP contribution in [0.15, 0.2) is 36.5 Å². The van der Waals surface area contributed by atoms with E-state index in [1.807, 2.05) is 4.57 Å². The molecule has 2 N–H and O–H groups in total. The number of nitrogens with zero attached hydrogens (tertiary/aromatic N) is 4. The van der Waals surface area contributed by atoms with Gasteiger partial charge < -0.3 is 5.11 Å². The van der Waals surface area contributed by atoms with E-state index in [1.54, 1.807) is 43.5 Å². The van der Waals surface area contributed by atoms with E-state index in [0.29, 0.717) is 28.0 Å². The lowest BCUT2D eigenvalue weighted by molar-refractivity contribution is -0.121. The molecule has 0 bridgehead atoms.